The molecule has 0 aromatic heterocycles. The van der Waals surface area contributed by atoms with Gasteiger partial charge in [0.15, 0.2) is 0 Å². The van der Waals surface area contributed by atoms with Gasteiger partial charge >= 0.3 is 6.03 Å². The normalized spacial score (nSPS) is 14.8. The van der Waals surface area contributed by atoms with Gasteiger partial charge in [0.25, 0.3) is 5.91 Å². The molecule has 0 spiro atoms. The van der Waals surface area contributed by atoms with E-state index < -0.39 is 0 Å². The molecule has 0 saturated heterocycles. The van der Waals surface area contributed by atoms with Gasteiger partial charge in [0, 0.05) is 23.8 Å². The van der Waals surface area contributed by atoms with Crippen LogP contribution in [0.5, 0.6) is 0 Å². The van der Waals surface area contributed by atoms with E-state index in [0.717, 1.165) is 12.8 Å². The molecule has 5 nitrogen and oxygen atoms in total. The van der Waals surface area contributed by atoms with Gasteiger partial charge in [-0.05, 0) is 38.0 Å². The molecule has 1 saturated carbocycles. The number of anilines is 1. The van der Waals surface area contributed by atoms with E-state index in [4.69, 9.17) is 0 Å². The predicted octanol–water partition coefficient (Wildman–Crippen LogP) is 2.50. The van der Waals surface area contributed by atoms with Crippen LogP contribution in [0.15, 0.2) is 24.3 Å². The lowest BCUT2D eigenvalue weighted by Gasteiger charge is -2.13. The Balaban J connectivity index is 1.93. The second-order valence-electron chi connectivity index (χ2n) is 5.02. The lowest BCUT2D eigenvalue weighted by atomic mass is 10.2. The largest absolute Gasteiger partial charge is 0.352 e. The van der Waals surface area contributed by atoms with Crippen LogP contribution in [0, 0.1) is 0 Å². The van der Waals surface area contributed by atoms with Crippen molar-refractivity contribution >= 4 is 17.6 Å². The molecule has 108 valence electrons. The molecule has 20 heavy (non-hydrogen) atoms. The fraction of sp³-hybridized carbons (Fsp3) is 0.467. The fourth-order valence-electron chi connectivity index (χ4n) is 2.42. The Kier molecular flexibility index (Phi) is 4.98. The van der Waals surface area contributed by atoms with E-state index in [2.05, 4.69) is 16.0 Å². The minimum Gasteiger partial charge on any atom is -0.352 e. The maximum atomic E-state index is 11.9. The molecule has 3 amide bonds. The zero-order chi connectivity index (χ0) is 14.4. The van der Waals surface area contributed by atoms with Gasteiger partial charge in [0.2, 0.25) is 0 Å². The van der Waals surface area contributed by atoms with Crippen LogP contribution in [0.3, 0.4) is 0 Å². The van der Waals surface area contributed by atoms with Crippen molar-refractivity contribution < 1.29 is 9.59 Å². The zero-order valence-electron chi connectivity index (χ0n) is 11.7. The third-order valence-corrected chi connectivity index (χ3v) is 3.41. The van der Waals surface area contributed by atoms with Crippen LogP contribution >= 0.6 is 0 Å². The van der Waals surface area contributed by atoms with E-state index in [1.807, 2.05) is 6.92 Å². The average molecular weight is 275 g/mol. The Morgan fingerprint density at radius 2 is 2.00 bits per heavy atom. The highest BCUT2D eigenvalue weighted by molar-refractivity contribution is 5.96. The summed E-state index contributed by atoms with van der Waals surface area (Å²) in [4.78, 5) is 23.6. The Morgan fingerprint density at radius 3 is 2.70 bits per heavy atom. The Labute approximate surface area is 119 Å². The summed E-state index contributed by atoms with van der Waals surface area (Å²) in [6.45, 7) is 2.45. The van der Waals surface area contributed by atoms with E-state index in [1.165, 1.54) is 12.8 Å². The molecule has 3 N–H and O–H groups in total. The smallest absolute Gasteiger partial charge is 0.319 e. The van der Waals surface area contributed by atoms with E-state index in [-0.39, 0.29) is 18.0 Å². The summed E-state index contributed by atoms with van der Waals surface area (Å²) in [7, 11) is 0. The molecule has 0 bridgehead atoms. The first-order chi connectivity index (χ1) is 9.69. The molecule has 0 atom stereocenters. The van der Waals surface area contributed by atoms with Crippen LogP contribution in [0.4, 0.5) is 10.5 Å². The van der Waals surface area contributed by atoms with Crippen LogP contribution in [0.25, 0.3) is 0 Å². The Hall–Kier alpha value is -2.04. The van der Waals surface area contributed by atoms with Gasteiger partial charge in [0.05, 0.1) is 0 Å². The van der Waals surface area contributed by atoms with Crippen molar-refractivity contribution in [3.8, 4) is 0 Å². The number of nitrogens with one attached hydrogen (secondary N) is 3. The van der Waals surface area contributed by atoms with Gasteiger partial charge in [-0.1, -0.05) is 18.9 Å². The minimum atomic E-state index is -0.204. The van der Waals surface area contributed by atoms with E-state index in [9.17, 15) is 9.59 Å². The molecular formula is C15H21N3O2. The fourth-order valence-corrected chi connectivity index (χ4v) is 2.42. The Morgan fingerprint density at radius 1 is 1.25 bits per heavy atom. The first kappa shape index (κ1) is 14.4. The highest BCUT2D eigenvalue weighted by atomic mass is 16.2. The number of hydrogen-bond acceptors (Lipinski definition) is 2. The molecule has 1 aliphatic carbocycles. The predicted molar refractivity (Wildman–Crippen MR) is 78.9 cm³/mol. The second-order valence-corrected chi connectivity index (χ2v) is 5.02. The number of urea groups is 1. The first-order valence-electron chi connectivity index (χ1n) is 7.15. The number of benzene rings is 1. The first-order valence-corrected chi connectivity index (χ1v) is 7.15. The lowest BCUT2D eigenvalue weighted by molar-refractivity contribution is 0.0956. The Bertz CT molecular complexity index is 482. The summed E-state index contributed by atoms with van der Waals surface area (Å²) in [5.41, 5.74) is 1.18. The molecule has 0 aliphatic heterocycles. The monoisotopic (exact) mass is 275 g/mol. The molecular weight excluding hydrogens is 254 g/mol. The molecule has 0 unspecified atom stereocenters. The second kappa shape index (κ2) is 6.93. The minimum absolute atomic E-state index is 0.132. The van der Waals surface area contributed by atoms with Crippen LogP contribution in [-0.4, -0.2) is 24.5 Å². The molecule has 2 rings (SSSR count). The highest BCUT2D eigenvalue weighted by Gasteiger charge is 2.17. The molecule has 5 heteroatoms. The SMILES string of the molecule is CCNC(=O)c1cccc(NC(=O)NC2CCCC2)c1. The van der Waals surface area contributed by atoms with E-state index in [1.54, 1.807) is 24.3 Å². The van der Waals surface area contributed by atoms with Gasteiger partial charge in [-0.15, -0.1) is 0 Å². The van der Waals surface area contributed by atoms with Crippen LogP contribution in [0.1, 0.15) is 43.0 Å². The summed E-state index contributed by atoms with van der Waals surface area (Å²) < 4.78 is 0. The van der Waals surface area contributed by atoms with Crippen molar-refractivity contribution in [1.82, 2.24) is 10.6 Å². The van der Waals surface area contributed by atoms with Crippen LogP contribution in [-0.2, 0) is 0 Å². The van der Waals surface area contributed by atoms with Crippen LogP contribution < -0.4 is 16.0 Å². The molecule has 1 aliphatic rings. The summed E-state index contributed by atoms with van der Waals surface area (Å²) in [5, 5.41) is 8.46. The number of amides is 3. The van der Waals surface area contributed by atoms with Crippen molar-refractivity contribution in [3.63, 3.8) is 0 Å². The zero-order valence-corrected chi connectivity index (χ0v) is 11.7. The third kappa shape index (κ3) is 3.98. The molecule has 0 heterocycles. The molecule has 0 radical (unpaired) electrons. The maximum Gasteiger partial charge on any atom is 0.319 e. The number of rotatable bonds is 4. The summed E-state index contributed by atoms with van der Waals surface area (Å²) >= 11 is 0. The topological polar surface area (TPSA) is 70.2 Å². The third-order valence-electron chi connectivity index (χ3n) is 3.41. The van der Waals surface area contributed by atoms with Crippen molar-refractivity contribution in [2.45, 2.75) is 38.6 Å². The quantitative estimate of drug-likeness (QED) is 0.790. The van der Waals surface area contributed by atoms with Gasteiger partial charge in [0.1, 0.15) is 0 Å². The van der Waals surface area contributed by atoms with Crippen molar-refractivity contribution in [2.75, 3.05) is 11.9 Å². The number of hydrogen-bond donors (Lipinski definition) is 3. The molecule has 1 fully saturated rings. The molecule has 1 aromatic carbocycles. The van der Waals surface area contributed by atoms with Crippen LogP contribution in [0.2, 0.25) is 0 Å². The highest BCUT2D eigenvalue weighted by Crippen LogP contribution is 2.18. The number of carbonyl (C=O) groups is 2. The van der Waals surface area contributed by atoms with E-state index >= 15 is 0 Å². The van der Waals surface area contributed by atoms with Gasteiger partial charge < -0.3 is 16.0 Å². The standard InChI is InChI=1S/C15H21N3O2/c1-2-16-14(19)11-6-5-9-13(10-11)18-15(20)17-12-7-3-4-8-12/h5-6,9-10,12H,2-4,7-8H2,1H3,(H,16,19)(H2,17,18,20). The summed E-state index contributed by atoms with van der Waals surface area (Å²) in [6, 6.07) is 7.02. The lowest BCUT2D eigenvalue weighted by Crippen LogP contribution is -2.36. The van der Waals surface area contributed by atoms with Gasteiger partial charge in [-0.3, -0.25) is 4.79 Å². The van der Waals surface area contributed by atoms with Gasteiger partial charge in [-0.2, -0.15) is 0 Å². The van der Waals surface area contributed by atoms with Crippen molar-refractivity contribution in [1.29, 1.82) is 0 Å². The molecule has 1 aromatic rings. The maximum absolute atomic E-state index is 11.9. The van der Waals surface area contributed by atoms with E-state index in [0.29, 0.717) is 17.8 Å². The number of carbonyl (C=O) groups excluding carboxylic acids is 2. The van der Waals surface area contributed by atoms with Crippen molar-refractivity contribution in [2.24, 2.45) is 0 Å². The summed E-state index contributed by atoms with van der Waals surface area (Å²) in [5.74, 6) is -0.132. The average Bonchev–Trinajstić information content (AvgIpc) is 2.92. The van der Waals surface area contributed by atoms with Gasteiger partial charge in [-0.25, -0.2) is 4.79 Å². The summed E-state index contributed by atoms with van der Waals surface area (Å²) in [6.07, 6.45) is 4.45. The van der Waals surface area contributed by atoms with Crippen molar-refractivity contribution in [3.05, 3.63) is 29.8 Å².